The van der Waals surface area contributed by atoms with Gasteiger partial charge in [0.2, 0.25) is 0 Å². The molecule has 0 radical (unpaired) electrons. The van der Waals surface area contributed by atoms with E-state index in [1.54, 1.807) is 19.9 Å². The Bertz CT molecular complexity index is 708. The molecule has 1 aromatic carbocycles. The van der Waals surface area contributed by atoms with Crippen LogP contribution in [0.4, 0.5) is 10.1 Å². The fourth-order valence-corrected chi connectivity index (χ4v) is 2.94. The Morgan fingerprint density at radius 3 is 2.62 bits per heavy atom. The second-order valence-corrected chi connectivity index (χ2v) is 6.38. The quantitative estimate of drug-likeness (QED) is 0.473. The Hall–Kier alpha value is -2.37. The van der Waals surface area contributed by atoms with Crippen molar-refractivity contribution in [3.05, 3.63) is 41.4 Å². The molecule has 2 aliphatic heterocycles. The molecule has 0 N–H and O–H groups in total. The van der Waals surface area contributed by atoms with Crippen molar-refractivity contribution in [2.75, 3.05) is 4.90 Å². The van der Waals surface area contributed by atoms with E-state index in [2.05, 4.69) is 0 Å². The Labute approximate surface area is 140 Å². The molecule has 24 heavy (non-hydrogen) atoms. The average Bonchev–Trinajstić information content (AvgIpc) is 2.52. The van der Waals surface area contributed by atoms with E-state index in [0.717, 1.165) is 24.1 Å². The summed E-state index contributed by atoms with van der Waals surface area (Å²) in [5.74, 6) is -2.92. The molecule has 0 bridgehead atoms. The van der Waals surface area contributed by atoms with Crippen LogP contribution in [0.3, 0.4) is 0 Å². The Kier molecular flexibility index (Phi) is 4.07. The smallest absolute Gasteiger partial charge is 0.350 e. The van der Waals surface area contributed by atoms with E-state index >= 15 is 0 Å². The van der Waals surface area contributed by atoms with Gasteiger partial charge in [0.25, 0.3) is 5.79 Å². The van der Waals surface area contributed by atoms with Crippen molar-refractivity contribution in [1.82, 2.24) is 0 Å². The van der Waals surface area contributed by atoms with Gasteiger partial charge >= 0.3 is 11.9 Å². The number of anilines is 1. The molecule has 0 spiro atoms. The number of cyclic esters (lactones) is 2. The number of ether oxygens (including phenoxy) is 2. The molecule has 5 nitrogen and oxygen atoms in total. The normalized spacial score (nSPS) is 26.6. The highest BCUT2D eigenvalue weighted by Crippen LogP contribution is 2.33. The summed E-state index contributed by atoms with van der Waals surface area (Å²) in [7, 11) is 0. The van der Waals surface area contributed by atoms with Crippen molar-refractivity contribution in [3.8, 4) is 0 Å². The third-order valence-corrected chi connectivity index (χ3v) is 4.59. The van der Waals surface area contributed by atoms with Gasteiger partial charge < -0.3 is 14.4 Å². The number of halogens is 1. The maximum atomic E-state index is 13.4. The third kappa shape index (κ3) is 2.88. The summed E-state index contributed by atoms with van der Waals surface area (Å²) in [6.07, 6.45) is 3.37. The van der Waals surface area contributed by atoms with E-state index in [-0.39, 0.29) is 17.4 Å². The lowest BCUT2D eigenvalue weighted by Crippen LogP contribution is -2.45. The molecule has 0 amide bonds. The first-order chi connectivity index (χ1) is 11.3. The fourth-order valence-electron chi connectivity index (χ4n) is 2.94. The largest absolute Gasteiger partial charge is 0.419 e. The lowest BCUT2D eigenvalue weighted by atomic mass is 9.96. The molecule has 0 saturated carbocycles. The molecule has 1 unspecified atom stereocenters. The zero-order chi connectivity index (χ0) is 17.5. The van der Waals surface area contributed by atoms with Gasteiger partial charge in [0.15, 0.2) is 5.57 Å². The van der Waals surface area contributed by atoms with Gasteiger partial charge in [0.1, 0.15) is 5.82 Å². The van der Waals surface area contributed by atoms with Crippen LogP contribution in [0.2, 0.25) is 0 Å². The predicted octanol–water partition coefficient (Wildman–Crippen LogP) is 3.08. The zero-order valence-electron chi connectivity index (χ0n) is 14.0. The highest BCUT2D eigenvalue weighted by molar-refractivity contribution is 6.15. The van der Waals surface area contributed by atoms with E-state index in [4.69, 9.17) is 9.47 Å². The van der Waals surface area contributed by atoms with E-state index in [0.29, 0.717) is 6.42 Å². The lowest BCUT2D eigenvalue weighted by molar-refractivity contribution is -0.229. The maximum Gasteiger partial charge on any atom is 0.350 e. The summed E-state index contributed by atoms with van der Waals surface area (Å²) in [6.45, 7) is 5.31. The van der Waals surface area contributed by atoms with E-state index in [9.17, 15) is 14.0 Å². The number of fused-ring (bicyclic) bond motifs is 1. The fraction of sp³-hybridized carbons (Fsp3) is 0.444. The van der Waals surface area contributed by atoms with Gasteiger partial charge in [-0.1, -0.05) is 6.92 Å². The van der Waals surface area contributed by atoms with Crippen LogP contribution in [0.5, 0.6) is 0 Å². The van der Waals surface area contributed by atoms with Crippen molar-refractivity contribution in [2.24, 2.45) is 0 Å². The van der Waals surface area contributed by atoms with Gasteiger partial charge in [-0.25, -0.2) is 14.0 Å². The molecule has 1 fully saturated rings. The minimum Gasteiger partial charge on any atom is -0.419 e. The van der Waals surface area contributed by atoms with Crippen LogP contribution in [-0.2, 0) is 25.5 Å². The number of aryl methyl sites for hydroxylation is 1. The zero-order valence-corrected chi connectivity index (χ0v) is 14.0. The van der Waals surface area contributed by atoms with Gasteiger partial charge in [-0.15, -0.1) is 0 Å². The van der Waals surface area contributed by atoms with Crippen molar-refractivity contribution in [3.63, 3.8) is 0 Å². The monoisotopic (exact) mass is 333 g/mol. The average molecular weight is 333 g/mol. The van der Waals surface area contributed by atoms with Crippen LogP contribution < -0.4 is 4.90 Å². The highest BCUT2D eigenvalue weighted by atomic mass is 19.1. The summed E-state index contributed by atoms with van der Waals surface area (Å²) in [6, 6.07) is 4.58. The first-order valence-electron chi connectivity index (χ1n) is 8.08. The van der Waals surface area contributed by atoms with Crippen LogP contribution in [0.1, 0.15) is 39.2 Å². The first kappa shape index (κ1) is 16.5. The van der Waals surface area contributed by atoms with Crippen LogP contribution in [0.15, 0.2) is 30.0 Å². The summed E-state index contributed by atoms with van der Waals surface area (Å²) in [5.41, 5.74) is 1.48. The van der Waals surface area contributed by atoms with E-state index < -0.39 is 17.7 Å². The first-order valence-corrected chi connectivity index (χ1v) is 8.08. The topological polar surface area (TPSA) is 55.8 Å². The number of carbonyl (C=O) groups excluding carboxylic acids is 2. The molecule has 0 aliphatic carbocycles. The van der Waals surface area contributed by atoms with E-state index in [1.807, 2.05) is 11.8 Å². The Morgan fingerprint density at radius 2 is 2.00 bits per heavy atom. The molecule has 0 aromatic heterocycles. The maximum absolute atomic E-state index is 13.4. The molecule has 6 heteroatoms. The third-order valence-electron chi connectivity index (χ3n) is 4.59. The van der Waals surface area contributed by atoms with Gasteiger partial charge in [-0.3, -0.25) is 0 Å². The number of hydrogen-bond acceptors (Lipinski definition) is 5. The van der Waals surface area contributed by atoms with Crippen LogP contribution in [0.25, 0.3) is 0 Å². The number of nitrogens with zero attached hydrogens (tertiary/aromatic N) is 1. The number of carbonyl (C=O) groups is 2. The Balaban J connectivity index is 1.96. The number of rotatable bonds is 2. The molecule has 2 aliphatic rings. The predicted molar refractivity (Wildman–Crippen MR) is 85.6 cm³/mol. The molecule has 1 atom stereocenters. The molecule has 3 rings (SSSR count). The molecule has 1 aromatic rings. The number of esters is 2. The van der Waals surface area contributed by atoms with Crippen molar-refractivity contribution in [1.29, 1.82) is 0 Å². The molecular weight excluding hydrogens is 313 g/mol. The standard InChI is InChI=1S/C18H20FNO4/c1-4-18(3)23-16(21)14(17(22)24-18)10-20-11(2)5-6-12-9-13(19)7-8-15(12)20/h7-11H,4-6H2,1-3H3. The van der Waals surface area contributed by atoms with Gasteiger partial charge in [-0.05, 0) is 43.5 Å². The van der Waals surface area contributed by atoms with Crippen molar-refractivity contribution >= 4 is 17.6 Å². The molecule has 1 saturated heterocycles. The second kappa shape index (κ2) is 5.92. The molecular formula is C18H20FNO4. The highest BCUT2D eigenvalue weighted by Gasteiger charge is 2.42. The van der Waals surface area contributed by atoms with Crippen LogP contribution in [0, 0.1) is 5.82 Å². The van der Waals surface area contributed by atoms with E-state index in [1.165, 1.54) is 18.3 Å². The van der Waals surface area contributed by atoms with Crippen molar-refractivity contribution < 1.29 is 23.5 Å². The Morgan fingerprint density at radius 1 is 1.33 bits per heavy atom. The SMILES string of the molecule is CCC1(C)OC(=O)C(=CN2c3ccc(F)cc3CCC2C)C(=O)O1. The minimum absolute atomic E-state index is 0.0653. The molecule has 2 heterocycles. The number of benzene rings is 1. The van der Waals surface area contributed by atoms with Crippen LogP contribution in [-0.4, -0.2) is 23.8 Å². The van der Waals surface area contributed by atoms with Gasteiger partial charge in [0, 0.05) is 31.3 Å². The second-order valence-electron chi connectivity index (χ2n) is 6.38. The summed E-state index contributed by atoms with van der Waals surface area (Å²) in [4.78, 5) is 26.3. The lowest BCUT2D eigenvalue weighted by Gasteiger charge is -2.36. The van der Waals surface area contributed by atoms with Gasteiger partial charge in [0.05, 0.1) is 0 Å². The van der Waals surface area contributed by atoms with Crippen molar-refractivity contribution in [2.45, 2.75) is 51.9 Å². The number of hydrogen-bond donors (Lipinski definition) is 0. The summed E-state index contributed by atoms with van der Waals surface area (Å²) >= 11 is 0. The summed E-state index contributed by atoms with van der Waals surface area (Å²) < 4.78 is 23.9. The van der Waals surface area contributed by atoms with Gasteiger partial charge in [-0.2, -0.15) is 0 Å². The minimum atomic E-state index is -1.22. The molecule has 128 valence electrons. The summed E-state index contributed by atoms with van der Waals surface area (Å²) in [5, 5.41) is 0. The van der Waals surface area contributed by atoms with Crippen LogP contribution >= 0.6 is 0 Å².